The van der Waals surface area contributed by atoms with Gasteiger partial charge in [0.1, 0.15) is 5.25 Å². The van der Waals surface area contributed by atoms with Crippen LogP contribution in [0.15, 0.2) is 46.2 Å². The zero-order valence-corrected chi connectivity index (χ0v) is 18.2. The zero-order chi connectivity index (χ0) is 19.9. The van der Waals surface area contributed by atoms with Crippen LogP contribution in [0, 0.1) is 6.92 Å². The number of aryl methyl sites for hydroxylation is 2. The lowest BCUT2D eigenvalue weighted by molar-refractivity contribution is 0.503. The average Bonchev–Trinajstić information content (AvgIpc) is 3.38. The molecular formula is C23H24N2O2S2. The number of aromatic nitrogens is 1. The summed E-state index contributed by atoms with van der Waals surface area (Å²) in [5.74, 6) is 0.595. The van der Waals surface area contributed by atoms with Crippen LogP contribution in [0.1, 0.15) is 46.5 Å². The van der Waals surface area contributed by atoms with Gasteiger partial charge in [-0.2, -0.15) is 0 Å². The Balaban J connectivity index is 1.55. The molecule has 4 heterocycles. The van der Waals surface area contributed by atoms with Crippen LogP contribution in [0.3, 0.4) is 0 Å². The molecule has 150 valence electrons. The van der Waals surface area contributed by atoms with E-state index < -0.39 is 15.1 Å². The van der Waals surface area contributed by atoms with E-state index in [9.17, 15) is 8.42 Å². The standard InChI is InChI=1S/C23H24N2O2S2/c1-13-9-15(29(26,27)21-12-28-20-6-4-3-5-16(20)21)11-17-22-18-8-7-14(24-18)10-19(22)25(2)23(13)17/h3-6,9,11,14,18,21,24H,7-8,10,12H2,1-2H3. The molecule has 4 nitrogen and oxygen atoms in total. The van der Waals surface area contributed by atoms with Gasteiger partial charge in [-0.1, -0.05) is 18.2 Å². The molecule has 0 amide bonds. The smallest absolute Gasteiger partial charge is 0.186 e. The molecule has 3 atom stereocenters. The minimum absolute atomic E-state index is 0.354. The van der Waals surface area contributed by atoms with Gasteiger partial charge in [0.25, 0.3) is 0 Å². The third-order valence-corrected chi connectivity index (χ3v) is 10.5. The number of rotatable bonds is 2. The predicted octanol–water partition coefficient (Wildman–Crippen LogP) is 4.46. The van der Waals surface area contributed by atoms with Crippen LogP contribution in [-0.2, 0) is 23.3 Å². The van der Waals surface area contributed by atoms with Gasteiger partial charge in [-0.3, -0.25) is 0 Å². The molecule has 0 saturated carbocycles. The third-order valence-electron chi connectivity index (χ3n) is 7.00. The molecule has 3 unspecified atom stereocenters. The average molecular weight is 425 g/mol. The molecule has 2 aromatic carbocycles. The Morgan fingerprint density at radius 1 is 1.17 bits per heavy atom. The van der Waals surface area contributed by atoms with Crippen molar-refractivity contribution in [1.82, 2.24) is 9.88 Å². The van der Waals surface area contributed by atoms with Crippen molar-refractivity contribution < 1.29 is 8.42 Å². The van der Waals surface area contributed by atoms with Gasteiger partial charge in [-0.25, -0.2) is 8.42 Å². The molecule has 3 aliphatic heterocycles. The van der Waals surface area contributed by atoms with E-state index in [4.69, 9.17) is 0 Å². The lowest BCUT2D eigenvalue weighted by Crippen LogP contribution is -2.32. The first-order valence-electron chi connectivity index (χ1n) is 10.3. The molecule has 1 aromatic heterocycles. The van der Waals surface area contributed by atoms with Gasteiger partial charge in [-0.05, 0) is 54.7 Å². The minimum Gasteiger partial charge on any atom is -0.347 e. The topological polar surface area (TPSA) is 51.1 Å². The Hall–Kier alpha value is -1.76. The van der Waals surface area contributed by atoms with Gasteiger partial charge < -0.3 is 9.88 Å². The monoisotopic (exact) mass is 424 g/mol. The van der Waals surface area contributed by atoms with E-state index in [1.807, 2.05) is 36.4 Å². The van der Waals surface area contributed by atoms with E-state index in [0.29, 0.717) is 22.7 Å². The SMILES string of the molecule is Cc1cc(S(=O)(=O)C2CSc3ccccc32)cc2c3c(n(C)c12)CC1CCC3N1. The second-order valence-corrected chi connectivity index (χ2v) is 11.8. The van der Waals surface area contributed by atoms with Gasteiger partial charge in [0.15, 0.2) is 9.84 Å². The first kappa shape index (κ1) is 18.0. The Morgan fingerprint density at radius 3 is 2.86 bits per heavy atom. The van der Waals surface area contributed by atoms with Gasteiger partial charge in [-0.15, -0.1) is 11.8 Å². The minimum atomic E-state index is -3.45. The summed E-state index contributed by atoms with van der Waals surface area (Å²) in [6, 6.07) is 12.7. The Kier molecular flexibility index (Phi) is 3.81. The van der Waals surface area contributed by atoms with Crippen molar-refractivity contribution in [3.05, 3.63) is 58.8 Å². The number of nitrogens with one attached hydrogen (secondary N) is 1. The second-order valence-electron chi connectivity index (χ2n) is 8.64. The van der Waals surface area contributed by atoms with Crippen molar-refractivity contribution in [2.45, 2.75) is 53.3 Å². The number of fused-ring (bicyclic) bond motifs is 7. The summed E-state index contributed by atoms with van der Waals surface area (Å²) in [5.41, 5.74) is 5.89. The van der Waals surface area contributed by atoms with E-state index >= 15 is 0 Å². The Labute approximate surface area is 175 Å². The second kappa shape index (κ2) is 6.13. The molecule has 1 fully saturated rings. The number of hydrogen-bond donors (Lipinski definition) is 1. The van der Waals surface area contributed by atoms with E-state index in [2.05, 4.69) is 23.9 Å². The lowest BCUT2D eigenvalue weighted by Gasteiger charge is -2.23. The fourth-order valence-electron chi connectivity index (χ4n) is 5.66. The van der Waals surface area contributed by atoms with Crippen LogP contribution in [0.4, 0.5) is 0 Å². The van der Waals surface area contributed by atoms with Gasteiger partial charge in [0.2, 0.25) is 0 Å². The number of hydrogen-bond acceptors (Lipinski definition) is 4. The normalized spacial score (nSPS) is 25.4. The van der Waals surface area contributed by atoms with Crippen LogP contribution >= 0.6 is 11.8 Å². The van der Waals surface area contributed by atoms with Gasteiger partial charge in [0, 0.05) is 47.3 Å². The zero-order valence-electron chi connectivity index (χ0n) is 16.6. The quantitative estimate of drug-likeness (QED) is 0.660. The van der Waals surface area contributed by atoms with Crippen molar-refractivity contribution in [1.29, 1.82) is 0 Å². The molecule has 6 rings (SSSR count). The van der Waals surface area contributed by atoms with Crippen molar-refractivity contribution in [2.24, 2.45) is 7.05 Å². The number of sulfone groups is 1. The van der Waals surface area contributed by atoms with Crippen molar-refractivity contribution in [3.63, 3.8) is 0 Å². The number of nitrogens with zero attached hydrogens (tertiary/aromatic N) is 1. The van der Waals surface area contributed by atoms with Crippen molar-refractivity contribution in [2.75, 3.05) is 5.75 Å². The van der Waals surface area contributed by atoms with Gasteiger partial charge >= 0.3 is 0 Å². The van der Waals surface area contributed by atoms with E-state index in [0.717, 1.165) is 34.3 Å². The first-order chi connectivity index (χ1) is 13.9. The highest BCUT2D eigenvalue weighted by Crippen LogP contribution is 2.47. The highest BCUT2D eigenvalue weighted by molar-refractivity contribution is 8.01. The van der Waals surface area contributed by atoms with Gasteiger partial charge in [0.05, 0.1) is 10.4 Å². The van der Waals surface area contributed by atoms with Crippen LogP contribution in [0.25, 0.3) is 10.9 Å². The molecule has 1 N–H and O–H groups in total. The first-order valence-corrected chi connectivity index (χ1v) is 12.8. The highest BCUT2D eigenvalue weighted by atomic mass is 32.2. The molecule has 1 saturated heterocycles. The third kappa shape index (κ3) is 2.46. The number of benzene rings is 2. The Bertz CT molecular complexity index is 1280. The maximum absolute atomic E-state index is 13.7. The summed E-state index contributed by atoms with van der Waals surface area (Å²) in [5, 5.41) is 4.39. The van der Waals surface area contributed by atoms with Crippen LogP contribution < -0.4 is 5.32 Å². The van der Waals surface area contributed by atoms with Crippen LogP contribution in [0.5, 0.6) is 0 Å². The summed E-state index contributed by atoms with van der Waals surface area (Å²) in [7, 11) is -1.31. The summed E-state index contributed by atoms with van der Waals surface area (Å²) >= 11 is 1.65. The molecule has 6 heteroatoms. The fourth-order valence-corrected chi connectivity index (χ4v) is 9.21. The van der Waals surface area contributed by atoms with E-state index in [-0.39, 0.29) is 0 Å². The molecule has 29 heavy (non-hydrogen) atoms. The van der Waals surface area contributed by atoms with E-state index in [1.54, 1.807) is 11.8 Å². The van der Waals surface area contributed by atoms with Crippen LogP contribution in [0.2, 0.25) is 0 Å². The number of thioether (sulfide) groups is 1. The Morgan fingerprint density at radius 2 is 2.00 bits per heavy atom. The largest absolute Gasteiger partial charge is 0.347 e. The molecule has 3 aromatic rings. The van der Waals surface area contributed by atoms with Crippen molar-refractivity contribution in [3.8, 4) is 0 Å². The molecule has 0 aliphatic carbocycles. The molecular weight excluding hydrogens is 400 g/mol. The molecule has 0 spiro atoms. The van der Waals surface area contributed by atoms with E-state index in [1.165, 1.54) is 23.2 Å². The molecule has 2 bridgehead atoms. The predicted molar refractivity (Wildman–Crippen MR) is 117 cm³/mol. The lowest BCUT2D eigenvalue weighted by atomic mass is 9.98. The van der Waals surface area contributed by atoms with Crippen molar-refractivity contribution >= 4 is 32.5 Å². The molecule has 3 aliphatic rings. The highest BCUT2D eigenvalue weighted by Gasteiger charge is 2.38. The van der Waals surface area contributed by atoms with Crippen LogP contribution in [-0.4, -0.2) is 24.8 Å². The fraction of sp³-hybridized carbons (Fsp3) is 0.391. The maximum Gasteiger partial charge on any atom is 0.186 e. The maximum atomic E-state index is 13.7. The molecule has 0 radical (unpaired) electrons. The summed E-state index contributed by atoms with van der Waals surface area (Å²) in [6.45, 7) is 2.05. The summed E-state index contributed by atoms with van der Waals surface area (Å²) in [6.07, 6.45) is 3.37. The summed E-state index contributed by atoms with van der Waals surface area (Å²) in [4.78, 5) is 1.57. The summed E-state index contributed by atoms with van der Waals surface area (Å²) < 4.78 is 29.7.